The van der Waals surface area contributed by atoms with Crippen LogP contribution in [-0.2, 0) is 13.6 Å². The van der Waals surface area contributed by atoms with E-state index in [2.05, 4.69) is 18.2 Å². The van der Waals surface area contributed by atoms with Gasteiger partial charge >= 0.3 is 8.60 Å². The largest absolute Gasteiger partial charge is 0.334 e. The molecule has 0 heterocycles. The second kappa shape index (κ2) is 14.2. The van der Waals surface area contributed by atoms with E-state index in [9.17, 15) is 15.8 Å². The van der Waals surface area contributed by atoms with Crippen molar-refractivity contribution in [2.75, 3.05) is 0 Å². The van der Waals surface area contributed by atoms with E-state index in [0.717, 1.165) is 0 Å². The summed E-state index contributed by atoms with van der Waals surface area (Å²) in [5.74, 6) is -1.20. The molecule has 0 aliphatic heterocycles. The third-order valence-corrected chi connectivity index (χ3v) is 9.38. The molecule has 0 bridgehead atoms. The first-order chi connectivity index (χ1) is 16.9. The van der Waals surface area contributed by atoms with Gasteiger partial charge in [-0.25, -0.2) is 0 Å². The van der Waals surface area contributed by atoms with E-state index in [1.165, 1.54) is 0 Å². The number of hydrogen-bond acceptors (Lipinski definition) is 9. The molecular weight excluding hydrogens is 487 g/mol. The lowest BCUT2D eigenvalue weighted by molar-refractivity contribution is -0.121. The molecule has 0 radical (unpaired) electrons. The highest BCUT2D eigenvalue weighted by Crippen LogP contribution is 2.58. The van der Waals surface area contributed by atoms with Crippen molar-refractivity contribution in [1.82, 2.24) is 0 Å². The quantitative estimate of drug-likeness (QED) is 0.243. The molecule has 3 unspecified atom stereocenters. The Balaban J connectivity index is 7.40. The Hall–Kier alpha value is -1.34. The third-order valence-electron chi connectivity index (χ3n) is 7.99. The van der Waals surface area contributed by atoms with Gasteiger partial charge in [0.1, 0.15) is 34.9 Å². The van der Waals surface area contributed by atoms with Crippen LogP contribution in [0.4, 0.5) is 0 Å². The van der Waals surface area contributed by atoms with Crippen molar-refractivity contribution in [1.29, 1.82) is 15.8 Å². The topological polar surface area (TPSA) is 177 Å². The molecule has 9 nitrogen and oxygen atoms in total. The van der Waals surface area contributed by atoms with Crippen molar-refractivity contribution in [2.24, 2.45) is 52.7 Å². The molecule has 0 aromatic carbocycles. The first-order valence-corrected chi connectivity index (χ1v) is 14.3. The summed E-state index contributed by atoms with van der Waals surface area (Å²) < 4.78 is 20.3. The maximum absolute atomic E-state index is 9.90. The van der Waals surface area contributed by atoms with Crippen LogP contribution in [0.15, 0.2) is 0 Å². The van der Waals surface area contributed by atoms with Crippen LogP contribution in [-0.4, -0.2) is 34.9 Å². The van der Waals surface area contributed by atoms with Gasteiger partial charge in [0.05, 0.1) is 18.2 Å². The molecule has 0 aliphatic rings. The van der Waals surface area contributed by atoms with Crippen LogP contribution in [0.3, 0.4) is 0 Å². The minimum Gasteiger partial charge on any atom is -0.313 e. The average molecular weight is 539 g/mol. The van der Waals surface area contributed by atoms with E-state index in [0.29, 0.717) is 0 Å². The highest BCUT2D eigenvalue weighted by atomic mass is 31.2. The molecule has 0 spiro atoms. The zero-order chi connectivity index (χ0) is 29.5. The van der Waals surface area contributed by atoms with Gasteiger partial charge in [-0.2, -0.15) is 15.8 Å². The van der Waals surface area contributed by atoms with Gasteiger partial charge in [-0.3, -0.25) is 0 Å². The maximum atomic E-state index is 9.90. The van der Waals surface area contributed by atoms with Crippen LogP contribution in [0.25, 0.3) is 0 Å². The molecule has 0 saturated carbocycles. The summed E-state index contributed by atoms with van der Waals surface area (Å²) in [5.41, 5.74) is 15.7. The minimum absolute atomic E-state index is 0.200. The van der Waals surface area contributed by atoms with E-state index in [1.807, 2.05) is 83.1 Å². The zero-order valence-electron chi connectivity index (χ0n) is 24.9. The van der Waals surface area contributed by atoms with Crippen LogP contribution < -0.4 is 17.2 Å². The lowest BCUT2D eigenvalue weighted by Gasteiger charge is -2.51. The normalized spacial score (nSPS) is 16.7. The first kappa shape index (κ1) is 35.7. The summed E-state index contributed by atoms with van der Waals surface area (Å²) >= 11 is 0. The van der Waals surface area contributed by atoms with Gasteiger partial charge in [0.2, 0.25) is 0 Å². The molecule has 10 heteroatoms. The van der Waals surface area contributed by atoms with Gasteiger partial charge in [-0.15, -0.1) is 0 Å². The molecule has 0 amide bonds. The summed E-state index contributed by atoms with van der Waals surface area (Å²) in [7, 11) is -2.33. The Morgan fingerprint density at radius 1 is 0.459 bits per heavy atom. The summed E-state index contributed by atoms with van der Waals surface area (Å²) in [6.07, 6.45) is 0. The molecule has 212 valence electrons. The Morgan fingerprint density at radius 3 is 0.730 bits per heavy atom. The molecule has 0 fully saturated rings. The minimum atomic E-state index is -2.33. The van der Waals surface area contributed by atoms with Gasteiger partial charge in [0.15, 0.2) is 0 Å². The van der Waals surface area contributed by atoms with E-state index < -0.39 is 43.5 Å². The number of rotatable bonds is 15. The van der Waals surface area contributed by atoms with Gasteiger partial charge in [0, 0.05) is 0 Å². The predicted molar refractivity (Wildman–Crippen MR) is 148 cm³/mol. The zero-order valence-corrected chi connectivity index (χ0v) is 25.8. The number of hydrogen-bond donors (Lipinski definition) is 3. The lowest BCUT2D eigenvalue weighted by Crippen LogP contribution is -2.60. The van der Waals surface area contributed by atoms with Crippen LogP contribution >= 0.6 is 8.60 Å². The highest BCUT2D eigenvalue weighted by Gasteiger charge is 2.55. The smallest absolute Gasteiger partial charge is 0.313 e. The standard InChI is InChI=1S/C27H51N6O3P/c1-16(2)25(17(3)4,22(31)13-28)34-37(35-26(18(5)6,19(7)8)23(32)14-29)36-27(20(9)10,21(11)12)24(33)15-30/h16-24H,31-33H2,1-12H3. The second-order valence-electron chi connectivity index (χ2n) is 11.8. The Kier molecular flexibility index (Phi) is 13.6. The molecule has 0 rings (SSSR count). The monoisotopic (exact) mass is 538 g/mol. The second-order valence-corrected chi connectivity index (χ2v) is 12.8. The van der Waals surface area contributed by atoms with Gasteiger partial charge < -0.3 is 30.8 Å². The van der Waals surface area contributed by atoms with Crippen LogP contribution in [0.2, 0.25) is 0 Å². The molecule has 0 aromatic heterocycles. The van der Waals surface area contributed by atoms with Crippen LogP contribution in [0.5, 0.6) is 0 Å². The fourth-order valence-electron chi connectivity index (χ4n) is 5.70. The molecule has 6 N–H and O–H groups in total. The van der Waals surface area contributed by atoms with E-state index in [4.69, 9.17) is 30.8 Å². The molecule has 0 aromatic rings. The number of nitrogens with two attached hydrogens (primary N) is 3. The fourth-order valence-corrected chi connectivity index (χ4v) is 8.20. The van der Waals surface area contributed by atoms with Crippen molar-refractivity contribution >= 4 is 8.60 Å². The van der Waals surface area contributed by atoms with Crippen LogP contribution in [0.1, 0.15) is 83.1 Å². The molecular formula is C27H51N6O3P. The predicted octanol–water partition coefficient (Wildman–Crippen LogP) is 4.97. The molecule has 0 saturated heterocycles. The van der Waals surface area contributed by atoms with E-state index in [1.54, 1.807) is 0 Å². The first-order valence-electron chi connectivity index (χ1n) is 13.2. The molecule has 0 aliphatic carbocycles. The third kappa shape index (κ3) is 6.81. The highest BCUT2D eigenvalue weighted by molar-refractivity contribution is 7.41. The van der Waals surface area contributed by atoms with Crippen molar-refractivity contribution in [3.8, 4) is 18.2 Å². The summed E-state index contributed by atoms with van der Waals surface area (Å²) in [5, 5.41) is 29.7. The molecule has 3 atom stereocenters. The van der Waals surface area contributed by atoms with Crippen molar-refractivity contribution in [3.05, 3.63) is 0 Å². The van der Waals surface area contributed by atoms with Crippen molar-refractivity contribution in [3.63, 3.8) is 0 Å². The summed E-state index contributed by atoms with van der Waals surface area (Å²) in [6.45, 7) is 23.2. The Morgan fingerprint density at radius 2 is 0.622 bits per heavy atom. The van der Waals surface area contributed by atoms with E-state index in [-0.39, 0.29) is 35.5 Å². The SMILES string of the molecule is CC(C)C(OP(OC(C(C)C)(C(C)C)C(N)C#N)OC(C(C)C)(C(C)C)C(N)C#N)(C(C)C)C(N)C#N. The van der Waals surface area contributed by atoms with E-state index >= 15 is 0 Å². The van der Waals surface area contributed by atoms with Gasteiger partial charge in [-0.1, -0.05) is 83.1 Å². The number of nitrogens with zero attached hydrogens (tertiary/aromatic N) is 3. The average Bonchev–Trinajstić information content (AvgIpc) is 2.80. The maximum Gasteiger partial charge on any atom is 0.334 e. The van der Waals surface area contributed by atoms with Gasteiger partial charge in [0.25, 0.3) is 0 Å². The Bertz CT molecular complexity index is 707. The Labute approximate surface area is 227 Å². The number of nitriles is 3. The molecule has 37 heavy (non-hydrogen) atoms. The summed E-state index contributed by atoms with van der Waals surface area (Å²) in [4.78, 5) is 0. The van der Waals surface area contributed by atoms with Crippen molar-refractivity contribution < 1.29 is 13.6 Å². The van der Waals surface area contributed by atoms with Crippen molar-refractivity contribution in [2.45, 2.75) is 118 Å². The summed E-state index contributed by atoms with van der Waals surface area (Å²) in [6, 6.07) is 3.47. The van der Waals surface area contributed by atoms with Gasteiger partial charge in [-0.05, 0) is 35.5 Å². The fraction of sp³-hybridized carbons (Fsp3) is 0.889. The lowest BCUT2D eigenvalue weighted by atomic mass is 9.75. The van der Waals surface area contributed by atoms with Crippen LogP contribution in [0, 0.1) is 69.5 Å².